The molecule has 1 heterocycles. The molecule has 0 aliphatic heterocycles. The molecule has 0 saturated carbocycles. The number of nitrogens with zero attached hydrogens (tertiary/aromatic N) is 3. The zero-order valence-corrected chi connectivity index (χ0v) is 10.6. The maximum Gasteiger partial charge on any atom is 0.0991 e. The number of anilines is 1. The highest BCUT2D eigenvalue weighted by Crippen LogP contribution is 2.11. The van der Waals surface area contributed by atoms with Gasteiger partial charge in [-0.3, -0.25) is 4.68 Å². The summed E-state index contributed by atoms with van der Waals surface area (Å²) < 4.78 is 1.92. The molecule has 0 unspecified atom stereocenters. The lowest BCUT2D eigenvalue weighted by Crippen LogP contribution is -2.01. The summed E-state index contributed by atoms with van der Waals surface area (Å²) in [6, 6.07) is 10.1. The fourth-order valence-electron chi connectivity index (χ4n) is 1.61. The van der Waals surface area contributed by atoms with E-state index in [0.717, 1.165) is 17.8 Å². The molecular weight excluding hydrogens is 224 g/mol. The summed E-state index contributed by atoms with van der Waals surface area (Å²) in [7, 11) is 0. The van der Waals surface area contributed by atoms with E-state index in [1.165, 1.54) is 0 Å². The van der Waals surface area contributed by atoms with E-state index in [4.69, 9.17) is 5.26 Å². The number of nitrogens with one attached hydrogen (secondary N) is 1. The van der Waals surface area contributed by atoms with Crippen LogP contribution in [0.15, 0.2) is 36.7 Å². The summed E-state index contributed by atoms with van der Waals surface area (Å²) in [5.74, 6) is 0. The van der Waals surface area contributed by atoms with Gasteiger partial charge in [0.2, 0.25) is 0 Å². The molecule has 0 bridgehead atoms. The minimum Gasteiger partial charge on any atom is -0.378 e. The summed E-state index contributed by atoms with van der Waals surface area (Å²) >= 11 is 0. The Labute approximate surface area is 107 Å². The number of nitriles is 1. The van der Waals surface area contributed by atoms with Crippen molar-refractivity contribution in [3.63, 3.8) is 0 Å². The first-order valence-electron chi connectivity index (χ1n) is 5.96. The molecule has 0 radical (unpaired) electrons. The molecule has 92 valence electrons. The van der Waals surface area contributed by atoms with Crippen LogP contribution in [0.2, 0.25) is 0 Å². The molecule has 18 heavy (non-hydrogen) atoms. The number of rotatable bonds is 4. The van der Waals surface area contributed by atoms with Crippen LogP contribution in [0.25, 0.3) is 0 Å². The normalized spacial score (nSPS) is 10.3. The molecule has 4 nitrogen and oxygen atoms in total. The van der Waals surface area contributed by atoms with Gasteiger partial charge < -0.3 is 5.32 Å². The average Bonchev–Trinajstić information content (AvgIpc) is 2.86. The second kappa shape index (κ2) is 5.37. The van der Waals surface area contributed by atoms with E-state index in [2.05, 4.69) is 30.3 Å². The predicted molar refractivity (Wildman–Crippen MR) is 71.1 cm³/mol. The molecule has 2 aromatic rings. The molecular formula is C14H16N4. The van der Waals surface area contributed by atoms with Gasteiger partial charge >= 0.3 is 0 Å². The van der Waals surface area contributed by atoms with Crippen molar-refractivity contribution in [3.8, 4) is 6.07 Å². The molecule has 0 spiro atoms. The van der Waals surface area contributed by atoms with Crippen molar-refractivity contribution in [1.82, 2.24) is 9.78 Å². The molecule has 0 amide bonds. The summed E-state index contributed by atoms with van der Waals surface area (Å²) in [5, 5.41) is 16.3. The molecule has 0 fully saturated rings. The standard InChI is InChI=1S/C14H16N4/c1-11(2)18-10-14(9-17-18)16-8-13-5-3-12(7-15)4-6-13/h3-6,9-11,16H,8H2,1-2H3. The minimum absolute atomic E-state index is 0.371. The molecule has 0 saturated heterocycles. The van der Waals surface area contributed by atoms with E-state index in [-0.39, 0.29) is 0 Å². The summed E-state index contributed by atoms with van der Waals surface area (Å²) in [5.41, 5.74) is 2.84. The number of aromatic nitrogens is 2. The lowest BCUT2D eigenvalue weighted by atomic mass is 10.1. The number of hydrogen-bond acceptors (Lipinski definition) is 3. The molecule has 0 atom stereocenters. The molecule has 0 aliphatic carbocycles. The van der Waals surface area contributed by atoms with Crippen LogP contribution in [0.3, 0.4) is 0 Å². The van der Waals surface area contributed by atoms with Crippen molar-refractivity contribution in [1.29, 1.82) is 5.26 Å². The van der Waals surface area contributed by atoms with Crippen LogP contribution in [0.5, 0.6) is 0 Å². The van der Waals surface area contributed by atoms with Crippen molar-refractivity contribution < 1.29 is 0 Å². The van der Waals surface area contributed by atoms with E-state index >= 15 is 0 Å². The lowest BCUT2D eigenvalue weighted by Gasteiger charge is -2.05. The van der Waals surface area contributed by atoms with Crippen molar-refractivity contribution in [2.75, 3.05) is 5.32 Å². The molecule has 1 aromatic heterocycles. The molecule has 2 rings (SSSR count). The maximum atomic E-state index is 8.71. The number of hydrogen-bond donors (Lipinski definition) is 1. The van der Waals surface area contributed by atoms with Gasteiger partial charge in [-0.15, -0.1) is 0 Å². The van der Waals surface area contributed by atoms with Crippen molar-refractivity contribution in [2.24, 2.45) is 0 Å². The zero-order valence-electron chi connectivity index (χ0n) is 10.6. The first-order valence-corrected chi connectivity index (χ1v) is 5.96. The summed E-state index contributed by atoms with van der Waals surface area (Å²) in [4.78, 5) is 0. The van der Waals surface area contributed by atoms with Crippen LogP contribution < -0.4 is 5.32 Å². The van der Waals surface area contributed by atoms with Gasteiger partial charge in [0.1, 0.15) is 0 Å². The van der Waals surface area contributed by atoms with Crippen molar-refractivity contribution in [3.05, 3.63) is 47.8 Å². The van der Waals surface area contributed by atoms with Crippen LogP contribution in [0.4, 0.5) is 5.69 Å². The highest BCUT2D eigenvalue weighted by molar-refractivity contribution is 5.40. The largest absolute Gasteiger partial charge is 0.378 e. The Balaban J connectivity index is 1.96. The fraction of sp³-hybridized carbons (Fsp3) is 0.286. The van der Waals surface area contributed by atoms with Gasteiger partial charge in [0.05, 0.1) is 23.5 Å². The second-order valence-corrected chi connectivity index (χ2v) is 4.47. The fourth-order valence-corrected chi connectivity index (χ4v) is 1.61. The molecule has 1 N–H and O–H groups in total. The Morgan fingerprint density at radius 1 is 1.33 bits per heavy atom. The Morgan fingerprint density at radius 3 is 2.61 bits per heavy atom. The highest BCUT2D eigenvalue weighted by Gasteiger charge is 2.01. The second-order valence-electron chi connectivity index (χ2n) is 4.47. The Morgan fingerprint density at radius 2 is 2.06 bits per heavy atom. The smallest absolute Gasteiger partial charge is 0.0991 e. The third-order valence-corrected chi connectivity index (χ3v) is 2.71. The summed E-state index contributed by atoms with van der Waals surface area (Å²) in [6.07, 6.45) is 3.82. The van der Waals surface area contributed by atoms with Crippen molar-refractivity contribution >= 4 is 5.69 Å². The van der Waals surface area contributed by atoms with Gasteiger partial charge in [0.15, 0.2) is 0 Å². The van der Waals surface area contributed by atoms with Gasteiger partial charge in [0, 0.05) is 18.8 Å². The van der Waals surface area contributed by atoms with E-state index in [9.17, 15) is 0 Å². The Kier molecular flexibility index (Phi) is 3.63. The van der Waals surface area contributed by atoms with Crippen LogP contribution >= 0.6 is 0 Å². The average molecular weight is 240 g/mol. The van der Waals surface area contributed by atoms with Gasteiger partial charge in [-0.1, -0.05) is 12.1 Å². The topological polar surface area (TPSA) is 53.6 Å². The van der Waals surface area contributed by atoms with Crippen LogP contribution in [-0.4, -0.2) is 9.78 Å². The maximum absolute atomic E-state index is 8.71. The monoisotopic (exact) mass is 240 g/mol. The SMILES string of the molecule is CC(C)n1cc(NCc2ccc(C#N)cc2)cn1. The quantitative estimate of drug-likeness (QED) is 0.893. The number of benzene rings is 1. The summed E-state index contributed by atoms with van der Waals surface area (Å²) in [6.45, 7) is 4.92. The first kappa shape index (κ1) is 12.2. The van der Waals surface area contributed by atoms with Crippen LogP contribution in [0.1, 0.15) is 31.0 Å². The highest BCUT2D eigenvalue weighted by atomic mass is 15.3. The molecule has 1 aromatic carbocycles. The molecule has 0 aliphatic rings. The molecule has 4 heteroatoms. The Hall–Kier alpha value is -2.28. The zero-order chi connectivity index (χ0) is 13.0. The van der Waals surface area contributed by atoms with E-state index < -0.39 is 0 Å². The third-order valence-electron chi connectivity index (χ3n) is 2.71. The van der Waals surface area contributed by atoms with Gasteiger partial charge in [-0.05, 0) is 31.5 Å². The van der Waals surface area contributed by atoms with Gasteiger partial charge in [-0.2, -0.15) is 10.4 Å². The van der Waals surface area contributed by atoms with Crippen molar-refractivity contribution in [2.45, 2.75) is 26.4 Å². The first-order chi connectivity index (χ1) is 8.69. The van der Waals surface area contributed by atoms with Crippen LogP contribution in [0, 0.1) is 11.3 Å². The van der Waals surface area contributed by atoms with Gasteiger partial charge in [0.25, 0.3) is 0 Å². The van der Waals surface area contributed by atoms with Crippen LogP contribution in [-0.2, 0) is 6.54 Å². The minimum atomic E-state index is 0.371. The van der Waals surface area contributed by atoms with E-state index in [1.807, 2.05) is 41.3 Å². The van der Waals surface area contributed by atoms with Gasteiger partial charge in [-0.25, -0.2) is 0 Å². The predicted octanol–water partition coefficient (Wildman–Crippen LogP) is 2.95. The third kappa shape index (κ3) is 2.89. The van der Waals surface area contributed by atoms with E-state index in [0.29, 0.717) is 11.6 Å². The lowest BCUT2D eigenvalue weighted by molar-refractivity contribution is 0.532. The Bertz CT molecular complexity index is 546. The van der Waals surface area contributed by atoms with E-state index in [1.54, 1.807) is 0 Å².